The van der Waals surface area contributed by atoms with Crippen LogP contribution in [0, 0.1) is 6.92 Å². The summed E-state index contributed by atoms with van der Waals surface area (Å²) in [6.07, 6.45) is 3.19. The maximum atomic E-state index is 12.4. The van der Waals surface area contributed by atoms with Gasteiger partial charge in [-0.25, -0.2) is 8.42 Å². The lowest BCUT2D eigenvalue weighted by molar-refractivity contribution is 0.601. The van der Waals surface area contributed by atoms with Crippen LogP contribution in [0.5, 0.6) is 0 Å². The van der Waals surface area contributed by atoms with Gasteiger partial charge in [0, 0.05) is 6.20 Å². The number of benzene rings is 2. The van der Waals surface area contributed by atoms with Gasteiger partial charge in [-0.3, -0.25) is 9.40 Å². The molecule has 1 N–H and O–H groups in total. The predicted molar refractivity (Wildman–Crippen MR) is 89.8 cm³/mol. The number of nitrogens with zero attached hydrogens (tertiary/aromatic N) is 2. The van der Waals surface area contributed by atoms with Crippen molar-refractivity contribution in [3.8, 4) is 0 Å². The van der Waals surface area contributed by atoms with E-state index in [0.29, 0.717) is 12.2 Å². The SMILES string of the molecule is Cc1cccc(S(=O)(=O)Nc2cnn(Cc3ccccc3)c2)c1. The van der Waals surface area contributed by atoms with E-state index >= 15 is 0 Å². The minimum atomic E-state index is -3.60. The molecule has 0 saturated carbocycles. The zero-order valence-electron chi connectivity index (χ0n) is 12.7. The Hall–Kier alpha value is -2.60. The van der Waals surface area contributed by atoms with Gasteiger partial charge in [-0.15, -0.1) is 0 Å². The number of anilines is 1. The van der Waals surface area contributed by atoms with Gasteiger partial charge in [0.15, 0.2) is 0 Å². The second-order valence-electron chi connectivity index (χ2n) is 5.33. The van der Waals surface area contributed by atoms with Crippen LogP contribution in [0.4, 0.5) is 5.69 Å². The van der Waals surface area contributed by atoms with E-state index in [1.54, 1.807) is 29.1 Å². The number of sulfonamides is 1. The summed E-state index contributed by atoms with van der Waals surface area (Å²) >= 11 is 0. The van der Waals surface area contributed by atoms with Gasteiger partial charge in [-0.2, -0.15) is 5.10 Å². The summed E-state index contributed by atoms with van der Waals surface area (Å²) in [7, 11) is -3.60. The van der Waals surface area contributed by atoms with E-state index in [-0.39, 0.29) is 4.90 Å². The fourth-order valence-corrected chi connectivity index (χ4v) is 3.40. The zero-order valence-corrected chi connectivity index (χ0v) is 13.5. The van der Waals surface area contributed by atoms with Crippen molar-refractivity contribution in [3.63, 3.8) is 0 Å². The lowest BCUT2D eigenvalue weighted by Crippen LogP contribution is -2.12. The average Bonchev–Trinajstić information content (AvgIpc) is 2.94. The van der Waals surface area contributed by atoms with Crippen molar-refractivity contribution < 1.29 is 8.42 Å². The van der Waals surface area contributed by atoms with Gasteiger partial charge in [0.1, 0.15) is 0 Å². The average molecular weight is 327 g/mol. The second-order valence-corrected chi connectivity index (χ2v) is 7.02. The molecule has 6 heteroatoms. The molecule has 0 aliphatic heterocycles. The molecule has 3 rings (SSSR count). The van der Waals surface area contributed by atoms with Gasteiger partial charge in [0.25, 0.3) is 10.0 Å². The molecule has 1 aromatic heterocycles. The molecule has 0 spiro atoms. The molecule has 3 aromatic rings. The number of aryl methyl sites for hydroxylation is 1. The number of hydrogen-bond acceptors (Lipinski definition) is 3. The quantitative estimate of drug-likeness (QED) is 0.783. The Morgan fingerprint density at radius 3 is 2.61 bits per heavy atom. The van der Waals surface area contributed by atoms with Crippen LogP contribution in [-0.4, -0.2) is 18.2 Å². The smallest absolute Gasteiger partial charge is 0.262 e. The van der Waals surface area contributed by atoms with Crippen LogP contribution >= 0.6 is 0 Å². The van der Waals surface area contributed by atoms with E-state index in [1.165, 1.54) is 6.20 Å². The Morgan fingerprint density at radius 2 is 1.87 bits per heavy atom. The van der Waals surface area contributed by atoms with Crippen LogP contribution in [-0.2, 0) is 16.6 Å². The van der Waals surface area contributed by atoms with Crippen molar-refractivity contribution in [3.05, 3.63) is 78.1 Å². The summed E-state index contributed by atoms with van der Waals surface area (Å²) < 4.78 is 29.0. The standard InChI is InChI=1S/C17H17N3O2S/c1-14-6-5-9-17(10-14)23(21,22)19-16-11-18-20(13-16)12-15-7-3-2-4-8-15/h2-11,13,19H,12H2,1H3. The summed E-state index contributed by atoms with van der Waals surface area (Å²) in [5, 5.41) is 4.20. The molecular weight excluding hydrogens is 310 g/mol. The van der Waals surface area contributed by atoms with Crippen molar-refractivity contribution in [2.45, 2.75) is 18.4 Å². The molecule has 0 amide bonds. The highest BCUT2D eigenvalue weighted by Crippen LogP contribution is 2.16. The molecule has 0 radical (unpaired) electrons. The molecule has 0 aliphatic carbocycles. The Balaban J connectivity index is 1.76. The first-order valence-electron chi connectivity index (χ1n) is 7.19. The third-order valence-electron chi connectivity index (χ3n) is 3.37. The monoisotopic (exact) mass is 327 g/mol. The summed E-state index contributed by atoms with van der Waals surface area (Å²) in [5.41, 5.74) is 2.44. The van der Waals surface area contributed by atoms with E-state index in [0.717, 1.165) is 11.1 Å². The number of aromatic nitrogens is 2. The third-order valence-corrected chi connectivity index (χ3v) is 4.75. The summed E-state index contributed by atoms with van der Waals surface area (Å²) in [6, 6.07) is 16.7. The van der Waals surface area contributed by atoms with Gasteiger partial charge in [0.05, 0.1) is 23.3 Å². The molecule has 0 saturated heterocycles. The Labute approximate surface area is 135 Å². The first-order chi connectivity index (χ1) is 11.0. The van der Waals surface area contributed by atoms with Crippen LogP contribution in [0.2, 0.25) is 0 Å². The fourth-order valence-electron chi connectivity index (χ4n) is 2.27. The highest BCUT2D eigenvalue weighted by Gasteiger charge is 2.15. The summed E-state index contributed by atoms with van der Waals surface area (Å²) in [4.78, 5) is 0.244. The van der Waals surface area contributed by atoms with E-state index in [4.69, 9.17) is 0 Å². The minimum Gasteiger partial charge on any atom is -0.276 e. The first-order valence-corrected chi connectivity index (χ1v) is 8.67. The molecule has 1 heterocycles. The number of nitrogens with one attached hydrogen (secondary N) is 1. The van der Waals surface area contributed by atoms with Crippen LogP contribution < -0.4 is 4.72 Å². The van der Waals surface area contributed by atoms with Crippen LogP contribution in [0.25, 0.3) is 0 Å². The molecule has 0 bridgehead atoms. The molecule has 5 nitrogen and oxygen atoms in total. The van der Waals surface area contributed by atoms with E-state index in [9.17, 15) is 8.42 Å². The Kier molecular flexibility index (Phi) is 4.16. The second kappa shape index (κ2) is 6.26. The molecule has 23 heavy (non-hydrogen) atoms. The topological polar surface area (TPSA) is 64.0 Å². The first kappa shape index (κ1) is 15.3. The lowest BCUT2D eigenvalue weighted by atomic mass is 10.2. The van der Waals surface area contributed by atoms with E-state index in [1.807, 2.05) is 43.3 Å². The number of rotatable bonds is 5. The van der Waals surface area contributed by atoms with Gasteiger partial charge >= 0.3 is 0 Å². The van der Waals surface area contributed by atoms with Gasteiger partial charge < -0.3 is 0 Å². The maximum absolute atomic E-state index is 12.4. The van der Waals surface area contributed by atoms with E-state index in [2.05, 4.69) is 9.82 Å². The van der Waals surface area contributed by atoms with Gasteiger partial charge in [0.2, 0.25) is 0 Å². The summed E-state index contributed by atoms with van der Waals surface area (Å²) in [6.45, 7) is 2.45. The highest BCUT2D eigenvalue weighted by molar-refractivity contribution is 7.92. The largest absolute Gasteiger partial charge is 0.276 e. The van der Waals surface area contributed by atoms with Crippen LogP contribution in [0.3, 0.4) is 0 Å². The summed E-state index contributed by atoms with van der Waals surface area (Å²) in [5.74, 6) is 0. The normalized spacial score (nSPS) is 11.3. The van der Waals surface area contributed by atoms with Crippen molar-refractivity contribution in [1.82, 2.24) is 9.78 Å². The van der Waals surface area contributed by atoms with Crippen LogP contribution in [0.1, 0.15) is 11.1 Å². The number of hydrogen-bond donors (Lipinski definition) is 1. The molecule has 0 unspecified atom stereocenters. The maximum Gasteiger partial charge on any atom is 0.262 e. The van der Waals surface area contributed by atoms with E-state index < -0.39 is 10.0 Å². The molecule has 0 fully saturated rings. The highest BCUT2D eigenvalue weighted by atomic mass is 32.2. The minimum absolute atomic E-state index is 0.244. The van der Waals surface area contributed by atoms with Crippen molar-refractivity contribution in [2.24, 2.45) is 0 Å². The molecule has 118 valence electrons. The molecular formula is C17H17N3O2S. The van der Waals surface area contributed by atoms with Crippen LogP contribution in [0.15, 0.2) is 71.9 Å². The lowest BCUT2D eigenvalue weighted by Gasteiger charge is -2.06. The van der Waals surface area contributed by atoms with Gasteiger partial charge in [-0.05, 0) is 30.2 Å². The Morgan fingerprint density at radius 1 is 1.09 bits per heavy atom. The molecule has 0 atom stereocenters. The molecule has 0 aliphatic rings. The Bertz CT molecular complexity index is 902. The van der Waals surface area contributed by atoms with Crippen molar-refractivity contribution in [1.29, 1.82) is 0 Å². The fraction of sp³-hybridized carbons (Fsp3) is 0.118. The van der Waals surface area contributed by atoms with Crippen molar-refractivity contribution >= 4 is 15.7 Å². The predicted octanol–water partition coefficient (Wildman–Crippen LogP) is 3.04. The zero-order chi connectivity index (χ0) is 16.3. The van der Waals surface area contributed by atoms with Gasteiger partial charge in [-0.1, -0.05) is 42.5 Å². The van der Waals surface area contributed by atoms with Crippen molar-refractivity contribution in [2.75, 3.05) is 4.72 Å². The molecule has 2 aromatic carbocycles. The third kappa shape index (κ3) is 3.78.